The molecule has 0 bridgehead atoms. The fourth-order valence-corrected chi connectivity index (χ4v) is 6.33. The average molecular weight is 806 g/mol. The molecule has 0 aromatic heterocycles. The van der Waals surface area contributed by atoms with Gasteiger partial charge in [0.2, 0.25) is 0 Å². The Morgan fingerprint density at radius 3 is 1.55 bits per heavy atom. The second-order valence-corrected chi connectivity index (χ2v) is 17.1. The van der Waals surface area contributed by atoms with E-state index < -0.39 is 13.9 Å². The topological polar surface area (TPSA) is 94.1 Å². The largest absolute Gasteiger partial charge is 0.756 e. The summed E-state index contributed by atoms with van der Waals surface area (Å²) in [4.78, 5) is 25.0. The van der Waals surface area contributed by atoms with Crippen LogP contribution in [0.2, 0.25) is 0 Å². The number of allylic oxidation sites excluding steroid dienone is 11. The van der Waals surface area contributed by atoms with Gasteiger partial charge >= 0.3 is 5.97 Å². The zero-order chi connectivity index (χ0) is 41.3. The SMILES string of the molecule is CC/C=C\C/C=C\C/C=C\C/C=C\C/C=C\CCOCC(COP(=O)([O-])OCC[N+](C)(C)C)OC(=O)CCCCCCCCC/C=C\CCCCCCCCC. The van der Waals surface area contributed by atoms with Crippen molar-refractivity contribution in [3.05, 3.63) is 72.9 Å². The molecule has 0 fully saturated rings. The number of phosphoric ester groups is 1. The zero-order valence-corrected chi connectivity index (χ0v) is 37.5. The predicted octanol–water partition coefficient (Wildman–Crippen LogP) is 12.5. The third-order valence-corrected chi connectivity index (χ3v) is 9.98. The summed E-state index contributed by atoms with van der Waals surface area (Å²) in [6, 6.07) is 0. The molecule has 56 heavy (non-hydrogen) atoms. The van der Waals surface area contributed by atoms with Gasteiger partial charge < -0.3 is 27.9 Å². The quantitative estimate of drug-likeness (QED) is 0.0200. The number of carbonyl (C=O) groups excluding carboxylic acids is 1. The van der Waals surface area contributed by atoms with Crippen LogP contribution in [0.4, 0.5) is 0 Å². The number of nitrogens with zero attached hydrogens (tertiary/aromatic N) is 1. The van der Waals surface area contributed by atoms with Crippen molar-refractivity contribution in [2.24, 2.45) is 0 Å². The molecule has 0 saturated heterocycles. The van der Waals surface area contributed by atoms with Gasteiger partial charge in [0.25, 0.3) is 7.82 Å². The van der Waals surface area contributed by atoms with Gasteiger partial charge in [0.15, 0.2) is 0 Å². The number of hydrogen-bond acceptors (Lipinski definition) is 7. The molecule has 0 aliphatic carbocycles. The molecule has 8 nitrogen and oxygen atoms in total. The van der Waals surface area contributed by atoms with Crippen LogP contribution in [0.15, 0.2) is 72.9 Å². The second-order valence-electron chi connectivity index (χ2n) is 15.7. The number of esters is 1. The van der Waals surface area contributed by atoms with E-state index in [1.54, 1.807) is 0 Å². The molecule has 2 unspecified atom stereocenters. The van der Waals surface area contributed by atoms with E-state index in [0.29, 0.717) is 24.1 Å². The number of hydrogen-bond donors (Lipinski definition) is 0. The van der Waals surface area contributed by atoms with Gasteiger partial charge in [0.05, 0.1) is 41.0 Å². The van der Waals surface area contributed by atoms with Gasteiger partial charge in [0.1, 0.15) is 19.3 Å². The van der Waals surface area contributed by atoms with Crippen molar-refractivity contribution >= 4 is 13.8 Å². The van der Waals surface area contributed by atoms with Crippen LogP contribution < -0.4 is 4.89 Å². The normalized spacial score (nSPS) is 14.5. The Hall–Kier alpha value is -2.06. The van der Waals surface area contributed by atoms with Crippen LogP contribution in [0.3, 0.4) is 0 Å². The Balaban J connectivity index is 4.35. The predicted molar refractivity (Wildman–Crippen MR) is 235 cm³/mol. The molecule has 2 atom stereocenters. The summed E-state index contributed by atoms with van der Waals surface area (Å²) >= 11 is 0. The van der Waals surface area contributed by atoms with Crippen molar-refractivity contribution in [3.63, 3.8) is 0 Å². The maximum absolute atomic E-state index is 12.7. The minimum Gasteiger partial charge on any atom is -0.756 e. The van der Waals surface area contributed by atoms with Gasteiger partial charge in [-0.3, -0.25) is 9.36 Å². The van der Waals surface area contributed by atoms with Gasteiger partial charge in [-0.15, -0.1) is 0 Å². The summed E-state index contributed by atoms with van der Waals surface area (Å²) in [7, 11) is 1.30. The third-order valence-electron chi connectivity index (χ3n) is 9.01. The summed E-state index contributed by atoms with van der Waals surface area (Å²) in [6.45, 7) is 5.05. The molecule has 0 rings (SSSR count). The molecule has 0 aromatic rings. The number of phosphoric acid groups is 1. The first kappa shape index (κ1) is 53.9. The van der Waals surface area contributed by atoms with Crippen molar-refractivity contribution < 1.29 is 37.3 Å². The lowest BCUT2D eigenvalue weighted by atomic mass is 10.1. The van der Waals surface area contributed by atoms with E-state index in [4.69, 9.17) is 18.5 Å². The standard InChI is InChI=1S/C47H84NO7P/c1-6-8-10-12-14-16-18-20-22-24-25-26-28-30-32-34-36-38-40-47(49)55-46(45-54-56(50,51)53-43-41-48(3,4)5)44-52-42-39-37-35-33-31-29-27-23-21-19-17-15-13-11-9-7-2/h9,11,15,17,21-24,29,31,35,37,46H,6-8,10,12-14,16,18-20,25-28,30,32-34,36,38-45H2,1-5H3/b11-9-,17-15-,23-21-,24-22-,31-29-,37-35-. The van der Waals surface area contributed by atoms with E-state index in [1.807, 2.05) is 21.1 Å². The first-order valence-corrected chi connectivity index (χ1v) is 23.6. The van der Waals surface area contributed by atoms with E-state index in [0.717, 1.165) is 51.4 Å². The second kappa shape index (κ2) is 39.8. The van der Waals surface area contributed by atoms with Gasteiger partial charge in [-0.1, -0.05) is 157 Å². The lowest BCUT2D eigenvalue weighted by Crippen LogP contribution is -2.37. The molecule has 0 spiro atoms. The van der Waals surface area contributed by atoms with Crippen LogP contribution >= 0.6 is 7.82 Å². The minimum atomic E-state index is -4.55. The summed E-state index contributed by atoms with van der Waals surface area (Å²) < 4.78 is 34.5. The molecular weight excluding hydrogens is 721 g/mol. The summed E-state index contributed by atoms with van der Waals surface area (Å²) in [6.07, 6.45) is 50.8. The van der Waals surface area contributed by atoms with Gasteiger partial charge in [-0.2, -0.15) is 0 Å². The molecule has 0 aliphatic rings. The molecule has 0 aliphatic heterocycles. The highest BCUT2D eigenvalue weighted by Gasteiger charge is 2.20. The maximum atomic E-state index is 12.7. The molecule has 324 valence electrons. The summed E-state index contributed by atoms with van der Waals surface area (Å²) in [5, 5.41) is 0. The van der Waals surface area contributed by atoms with E-state index in [9.17, 15) is 14.3 Å². The molecule has 0 heterocycles. The molecule has 0 saturated carbocycles. The van der Waals surface area contributed by atoms with Crippen molar-refractivity contribution in [3.8, 4) is 0 Å². The number of quaternary nitrogens is 1. The number of rotatable bonds is 40. The van der Waals surface area contributed by atoms with Gasteiger partial charge in [0, 0.05) is 6.42 Å². The van der Waals surface area contributed by atoms with Crippen LogP contribution in [0.25, 0.3) is 0 Å². The van der Waals surface area contributed by atoms with Crippen LogP contribution in [0, 0.1) is 0 Å². The monoisotopic (exact) mass is 806 g/mol. The summed E-state index contributed by atoms with van der Waals surface area (Å²) in [5.41, 5.74) is 0. The molecule has 9 heteroatoms. The Labute approximate surface area is 344 Å². The Morgan fingerprint density at radius 1 is 0.571 bits per heavy atom. The molecule has 0 radical (unpaired) electrons. The lowest BCUT2D eigenvalue weighted by Gasteiger charge is -2.28. The fraction of sp³-hybridized carbons (Fsp3) is 0.723. The number of unbranched alkanes of at least 4 members (excludes halogenated alkanes) is 14. The Morgan fingerprint density at radius 2 is 1.04 bits per heavy atom. The van der Waals surface area contributed by atoms with Crippen LogP contribution in [0.1, 0.15) is 162 Å². The Kier molecular flexibility index (Phi) is 38.3. The zero-order valence-electron chi connectivity index (χ0n) is 36.6. The Bertz CT molecular complexity index is 1120. The smallest absolute Gasteiger partial charge is 0.306 e. The first-order valence-electron chi connectivity index (χ1n) is 22.2. The van der Waals surface area contributed by atoms with Crippen LogP contribution in [-0.2, 0) is 27.9 Å². The van der Waals surface area contributed by atoms with Crippen LogP contribution in [-0.4, -0.2) is 70.7 Å². The highest BCUT2D eigenvalue weighted by atomic mass is 31.2. The molecular formula is C47H84NO7P. The van der Waals surface area contributed by atoms with Crippen molar-refractivity contribution in [2.75, 3.05) is 54.1 Å². The van der Waals surface area contributed by atoms with E-state index in [1.165, 1.54) is 83.5 Å². The van der Waals surface area contributed by atoms with Crippen molar-refractivity contribution in [1.29, 1.82) is 0 Å². The van der Waals surface area contributed by atoms with E-state index in [2.05, 4.69) is 86.8 Å². The van der Waals surface area contributed by atoms with E-state index >= 15 is 0 Å². The maximum Gasteiger partial charge on any atom is 0.306 e. The number of likely N-dealkylation sites (N-methyl/N-ethyl adjacent to an activating group) is 1. The van der Waals surface area contributed by atoms with E-state index in [-0.39, 0.29) is 32.2 Å². The van der Waals surface area contributed by atoms with Crippen molar-refractivity contribution in [1.82, 2.24) is 0 Å². The average Bonchev–Trinajstić information content (AvgIpc) is 3.15. The van der Waals surface area contributed by atoms with Gasteiger partial charge in [-0.05, 0) is 70.6 Å². The highest BCUT2D eigenvalue weighted by Crippen LogP contribution is 2.38. The molecule has 0 N–H and O–H groups in total. The highest BCUT2D eigenvalue weighted by molar-refractivity contribution is 7.45. The van der Waals surface area contributed by atoms with Crippen molar-refractivity contribution in [2.45, 2.75) is 168 Å². The summed E-state index contributed by atoms with van der Waals surface area (Å²) in [5.74, 6) is -0.366. The first-order chi connectivity index (χ1) is 27.1. The molecule has 0 amide bonds. The fourth-order valence-electron chi connectivity index (χ4n) is 5.60. The lowest BCUT2D eigenvalue weighted by molar-refractivity contribution is -0.870. The third kappa shape index (κ3) is 43.1. The number of ether oxygens (including phenoxy) is 2. The number of carbonyl (C=O) groups is 1. The molecule has 0 aromatic carbocycles. The van der Waals surface area contributed by atoms with Gasteiger partial charge in [-0.25, -0.2) is 0 Å². The van der Waals surface area contributed by atoms with Crippen LogP contribution in [0.5, 0.6) is 0 Å². The minimum absolute atomic E-state index is 0.00881.